The number of ether oxygens (including phenoxy) is 1. The summed E-state index contributed by atoms with van der Waals surface area (Å²) in [6, 6.07) is 2.05. The maximum atomic E-state index is 12.6. The third kappa shape index (κ3) is 2.45. The number of nitrogens with one attached hydrogen (secondary N) is 1. The van der Waals surface area contributed by atoms with E-state index in [9.17, 15) is 17.6 Å². The first kappa shape index (κ1) is 11.5. The van der Waals surface area contributed by atoms with Crippen molar-refractivity contribution in [3.8, 4) is 0 Å². The van der Waals surface area contributed by atoms with E-state index in [4.69, 9.17) is 5.41 Å². The predicted molar refractivity (Wildman–Crippen MR) is 45.2 cm³/mol. The molecule has 0 aliphatic carbocycles. The molecule has 0 bridgehead atoms. The van der Waals surface area contributed by atoms with Gasteiger partial charge in [0.1, 0.15) is 5.82 Å². The molecule has 0 unspecified atom stereocenters. The molecule has 1 aromatic carbocycles. The van der Waals surface area contributed by atoms with Crippen molar-refractivity contribution < 1.29 is 22.3 Å². The third-order valence-corrected chi connectivity index (χ3v) is 1.74. The summed E-state index contributed by atoms with van der Waals surface area (Å²) in [6.45, 7) is 0. The molecule has 0 aliphatic heterocycles. The second kappa shape index (κ2) is 3.88. The summed E-state index contributed by atoms with van der Waals surface area (Å²) in [5.41, 5.74) is -1.69. The zero-order chi connectivity index (χ0) is 11.6. The van der Waals surface area contributed by atoms with Crippen molar-refractivity contribution in [3.05, 3.63) is 35.1 Å². The lowest BCUT2D eigenvalue weighted by Crippen LogP contribution is -2.14. The molecule has 0 heterocycles. The van der Waals surface area contributed by atoms with E-state index < -0.39 is 29.0 Å². The largest absolute Gasteiger partial charge is 0.481 e. The quantitative estimate of drug-likeness (QED) is 0.441. The lowest BCUT2D eigenvalue weighted by atomic mass is 10.1. The van der Waals surface area contributed by atoms with Crippen molar-refractivity contribution in [2.45, 2.75) is 6.18 Å². The molecule has 2 nitrogen and oxygen atoms in total. The van der Waals surface area contributed by atoms with E-state index in [2.05, 4.69) is 4.74 Å². The van der Waals surface area contributed by atoms with Gasteiger partial charge >= 0.3 is 6.18 Å². The number of rotatable bonds is 1. The van der Waals surface area contributed by atoms with Gasteiger partial charge in [-0.05, 0) is 18.2 Å². The van der Waals surface area contributed by atoms with Crippen molar-refractivity contribution in [1.29, 1.82) is 5.41 Å². The zero-order valence-electron chi connectivity index (χ0n) is 7.65. The Hall–Kier alpha value is -1.59. The molecule has 1 aromatic rings. The molecular formula is C9H7F4NO. The molecule has 0 spiro atoms. The third-order valence-electron chi connectivity index (χ3n) is 1.74. The van der Waals surface area contributed by atoms with E-state index in [1.165, 1.54) is 0 Å². The topological polar surface area (TPSA) is 33.1 Å². The predicted octanol–water partition coefficient (Wildman–Crippen LogP) is 2.82. The number of alkyl halides is 3. The minimum absolute atomic E-state index is 0.336. The minimum Gasteiger partial charge on any atom is -0.481 e. The van der Waals surface area contributed by atoms with Crippen LogP contribution in [0.4, 0.5) is 17.6 Å². The van der Waals surface area contributed by atoms with E-state index in [-0.39, 0.29) is 0 Å². The number of benzene rings is 1. The average molecular weight is 221 g/mol. The molecule has 82 valence electrons. The molecule has 0 aliphatic rings. The molecule has 1 N–H and O–H groups in total. The Morgan fingerprint density at radius 3 is 2.40 bits per heavy atom. The van der Waals surface area contributed by atoms with Crippen LogP contribution in [-0.2, 0) is 10.9 Å². The maximum Gasteiger partial charge on any atom is 0.417 e. The van der Waals surface area contributed by atoms with Gasteiger partial charge in [-0.15, -0.1) is 0 Å². The van der Waals surface area contributed by atoms with Crippen LogP contribution in [0.3, 0.4) is 0 Å². The highest BCUT2D eigenvalue weighted by Gasteiger charge is 2.35. The molecule has 0 saturated heterocycles. The van der Waals surface area contributed by atoms with Crippen LogP contribution in [0.1, 0.15) is 11.1 Å². The fourth-order valence-electron chi connectivity index (χ4n) is 1.06. The van der Waals surface area contributed by atoms with Gasteiger partial charge in [0.25, 0.3) is 0 Å². The Bertz CT molecular complexity index is 386. The highest BCUT2D eigenvalue weighted by Crippen LogP contribution is 2.32. The summed E-state index contributed by atoms with van der Waals surface area (Å²) in [5.74, 6) is -1.66. The summed E-state index contributed by atoms with van der Waals surface area (Å²) in [7, 11) is 1.08. The summed E-state index contributed by atoms with van der Waals surface area (Å²) < 4.78 is 54.2. The SMILES string of the molecule is COC(=N)c1ccc(F)cc1C(F)(F)F. The van der Waals surface area contributed by atoms with Crippen molar-refractivity contribution in [3.63, 3.8) is 0 Å². The summed E-state index contributed by atoms with van der Waals surface area (Å²) >= 11 is 0. The number of hydrogen-bond acceptors (Lipinski definition) is 2. The highest BCUT2D eigenvalue weighted by atomic mass is 19.4. The summed E-state index contributed by atoms with van der Waals surface area (Å²) in [4.78, 5) is 0. The van der Waals surface area contributed by atoms with Crippen molar-refractivity contribution in [1.82, 2.24) is 0 Å². The minimum atomic E-state index is -4.71. The molecule has 0 saturated carbocycles. The van der Waals surface area contributed by atoms with Gasteiger partial charge in [-0.1, -0.05) is 0 Å². The Morgan fingerprint density at radius 2 is 1.93 bits per heavy atom. The van der Waals surface area contributed by atoms with Gasteiger partial charge in [0, 0.05) is 5.56 Å². The van der Waals surface area contributed by atoms with Gasteiger partial charge in [-0.25, -0.2) is 4.39 Å². The monoisotopic (exact) mass is 221 g/mol. The first-order valence-corrected chi connectivity index (χ1v) is 3.86. The second-order valence-corrected chi connectivity index (χ2v) is 2.72. The molecule has 1 rings (SSSR count). The lowest BCUT2D eigenvalue weighted by molar-refractivity contribution is -0.138. The first-order chi connectivity index (χ1) is 6.86. The van der Waals surface area contributed by atoms with Crippen molar-refractivity contribution >= 4 is 5.90 Å². The van der Waals surface area contributed by atoms with Gasteiger partial charge in [0.15, 0.2) is 0 Å². The smallest absolute Gasteiger partial charge is 0.417 e. The Morgan fingerprint density at radius 1 is 1.33 bits per heavy atom. The van der Waals surface area contributed by atoms with Crippen molar-refractivity contribution in [2.75, 3.05) is 7.11 Å². The number of hydrogen-bond donors (Lipinski definition) is 1. The van der Waals surface area contributed by atoms with Crippen LogP contribution in [0, 0.1) is 11.2 Å². The van der Waals surface area contributed by atoms with Crippen LogP contribution in [0.5, 0.6) is 0 Å². The zero-order valence-corrected chi connectivity index (χ0v) is 7.65. The molecule has 15 heavy (non-hydrogen) atoms. The maximum absolute atomic E-state index is 12.6. The molecular weight excluding hydrogens is 214 g/mol. The van der Waals surface area contributed by atoms with Gasteiger partial charge in [-0.2, -0.15) is 13.2 Å². The molecule has 0 amide bonds. The van der Waals surface area contributed by atoms with Gasteiger partial charge < -0.3 is 4.74 Å². The Kier molecular flexibility index (Phi) is 2.97. The fourth-order valence-corrected chi connectivity index (χ4v) is 1.06. The molecule has 6 heteroatoms. The van der Waals surface area contributed by atoms with E-state index in [1.807, 2.05) is 0 Å². The van der Waals surface area contributed by atoms with Crippen LogP contribution in [-0.4, -0.2) is 13.0 Å². The standard InChI is InChI=1S/C9H7F4NO/c1-15-8(14)6-3-2-5(10)4-7(6)9(11,12)13/h2-4,14H,1H3. The molecule has 0 aromatic heterocycles. The van der Waals surface area contributed by atoms with Crippen LogP contribution in [0.25, 0.3) is 0 Å². The second-order valence-electron chi connectivity index (χ2n) is 2.72. The highest BCUT2D eigenvalue weighted by molar-refractivity contribution is 5.93. The fraction of sp³-hybridized carbons (Fsp3) is 0.222. The van der Waals surface area contributed by atoms with E-state index >= 15 is 0 Å². The summed E-state index contributed by atoms with van der Waals surface area (Å²) in [5, 5.41) is 7.13. The van der Waals surface area contributed by atoms with Crippen LogP contribution < -0.4 is 0 Å². The van der Waals surface area contributed by atoms with Crippen molar-refractivity contribution in [2.24, 2.45) is 0 Å². The first-order valence-electron chi connectivity index (χ1n) is 3.86. The summed E-state index contributed by atoms with van der Waals surface area (Å²) in [6.07, 6.45) is -4.71. The molecule has 0 atom stereocenters. The normalized spacial score (nSPS) is 11.3. The Labute approximate surface area is 83.0 Å². The van der Waals surface area contributed by atoms with E-state index in [0.717, 1.165) is 19.2 Å². The van der Waals surface area contributed by atoms with E-state index in [0.29, 0.717) is 6.07 Å². The average Bonchev–Trinajstić information content (AvgIpc) is 2.15. The van der Waals surface area contributed by atoms with E-state index in [1.54, 1.807) is 0 Å². The number of methoxy groups -OCH3 is 1. The van der Waals surface area contributed by atoms with Crippen LogP contribution in [0.2, 0.25) is 0 Å². The number of halogens is 4. The van der Waals surface area contributed by atoms with Crippen LogP contribution in [0.15, 0.2) is 18.2 Å². The Balaban J connectivity index is 3.33. The van der Waals surface area contributed by atoms with Gasteiger partial charge in [0.2, 0.25) is 5.90 Å². The van der Waals surface area contributed by atoms with Crippen LogP contribution >= 0.6 is 0 Å². The molecule has 0 radical (unpaired) electrons. The lowest BCUT2D eigenvalue weighted by Gasteiger charge is -2.12. The van der Waals surface area contributed by atoms with Gasteiger partial charge in [-0.3, -0.25) is 5.41 Å². The van der Waals surface area contributed by atoms with Gasteiger partial charge in [0.05, 0.1) is 12.7 Å². The molecule has 0 fully saturated rings.